The molecule has 2 amide bonds. The van der Waals surface area contributed by atoms with Crippen LogP contribution in [-0.4, -0.2) is 73.0 Å². The zero-order valence-electron chi connectivity index (χ0n) is 24.9. The lowest BCUT2D eigenvalue weighted by molar-refractivity contribution is -0.137. The van der Waals surface area contributed by atoms with Crippen LogP contribution < -0.4 is 10.6 Å². The molecule has 2 aliphatic heterocycles. The fourth-order valence-corrected chi connectivity index (χ4v) is 6.27. The van der Waals surface area contributed by atoms with Crippen LogP contribution in [0.1, 0.15) is 65.1 Å². The van der Waals surface area contributed by atoms with Gasteiger partial charge in [-0.1, -0.05) is 73.2 Å². The predicted octanol–water partition coefficient (Wildman–Crippen LogP) is 5.70. The van der Waals surface area contributed by atoms with Gasteiger partial charge in [0.2, 0.25) is 5.91 Å². The molecular formula is C35H41F3N4O2. The van der Waals surface area contributed by atoms with E-state index < -0.39 is 23.7 Å². The summed E-state index contributed by atoms with van der Waals surface area (Å²) in [5, 5.41) is 6.33. The normalized spacial score (nSPS) is 20.0. The van der Waals surface area contributed by atoms with E-state index in [9.17, 15) is 22.8 Å². The number of hydrogen-bond acceptors (Lipinski definition) is 4. The summed E-state index contributed by atoms with van der Waals surface area (Å²) in [7, 11) is 0. The Bertz CT molecular complexity index is 1320. The summed E-state index contributed by atoms with van der Waals surface area (Å²) in [6.07, 6.45) is 0.289. The number of nitrogens with zero attached hydrogens (tertiary/aromatic N) is 2. The molecule has 0 spiro atoms. The number of amides is 2. The van der Waals surface area contributed by atoms with Crippen molar-refractivity contribution in [2.45, 2.75) is 56.3 Å². The largest absolute Gasteiger partial charge is 0.416 e. The number of benzene rings is 3. The fraction of sp³-hybridized carbons (Fsp3) is 0.429. The van der Waals surface area contributed by atoms with E-state index in [0.717, 1.165) is 55.7 Å². The van der Waals surface area contributed by atoms with Crippen LogP contribution >= 0.6 is 0 Å². The molecule has 5 rings (SSSR count). The van der Waals surface area contributed by atoms with E-state index in [2.05, 4.69) is 39.8 Å². The lowest BCUT2D eigenvalue weighted by Gasteiger charge is -2.31. The molecule has 6 nitrogen and oxygen atoms in total. The smallest absolute Gasteiger partial charge is 0.350 e. The molecular weight excluding hydrogens is 565 g/mol. The highest BCUT2D eigenvalue weighted by atomic mass is 19.4. The third-order valence-electron chi connectivity index (χ3n) is 8.74. The molecule has 2 aliphatic rings. The zero-order valence-corrected chi connectivity index (χ0v) is 24.9. The number of halogens is 3. The Morgan fingerprint density at radius 2 is 1.55 bits per heavy atom. The molecule has 3 aromatic carbocycles. The SMILES string of the molecule is O=C(NCC1CCN(CC(c2ccccc2)c2ccccc2)C(=O)C(CCN2CCCCC2)N1)c1cccc(C(F)(F)F)c1. The second kappa shape index (κ2) is 14.9. The van der Waals surface area contributed by atoms with Crippen molar-refractivity contribution in [1.82, 2.24) is 20.4 Å². The summed E-state index contributed by atoms with van der Waals surface area (Å²) in [5.41, 5.74) is 1.38. The van der Waals surface area contributed by atoms with Crippen LogP contribution in [0.15, 0.2) is 84.9 Å². The zero-order chi connectivity index (χ0) is 30.9. The number of rotatable bonds is 10. The average Bonchev–Trinajstić information content (AvgIpc) is 3.20. The summed E-state index contributed by atoms with van der Waals surface area (Å²) in [5.74, 6) is -0.518. The fourth-order valence-electron chi connectivity index (χ4n) is 6.27. The van der Waals surface area contributed by atoms with Crippen LogP contribution in [0.2, 0.25) is 0 Å². The van der Waals surface area contributed by atoms with Gasteiger partial charge >= 0.3 is 6.18 Å². The third-order valence-corrected chi connectivity index (χ3v) is 8.74. The lowest BCUT2D eigenvalue weighted by Crippen LogP contribution is -2.50. The molecule has 44 heavy (non-hydrogen) atoms. The average molecular weight is 607 g/mol. The van der Waals surface area contributed by atoms with Gasteiger partial charge in [0.15, 0.2) is 0 Å². The van der Waals surface area contributed by atoms with Crippen molar-refractivity contribution in [2.75, 3.05) is 39.3 Å². The number of piperidine rings is 1. The molecule has 2 fully saturated rings. The van der Waals surface area contributed by atoms with Crippen LogP contribution in [-0.2, 0) is 11.0 Å². The van der Waals surface area contributed by atoms with Crippen molar-refractivity contribution in [3.05, 3.63) is 107 Å². The van der Waals surface area contributed by atoms with E-state index in [-0.39, 0.29) is 30.0 Å². The van der Waals surface area contributed by atoms with Crippen LogP contribution in [0.3, 0.4) is 0 Å². The first kappa shape index (κ1) is 31.7. The minimum absolute atomic E-state index is 0.00116. The maximum atomic E-state index is 14.1. The standard InChI is InChI=1S/C35H41F3N4O2/c36-35(37,38)29-16-10-15-28(23-29)33(43)39-24-30-17-22-42(34(44)32(40-30)18-21-41-19-8-3-9-20-41)25-31(26-11-4-1-5-12-26)27-13-6-2-7-14-27/h1-2,4-7,10-16,23,30-32,40H,3,8-9,17-22,24-25H2,(H,39,43). The molecule has 0 radical (unpaired) electrons. The topological polar surface area (TPSA) is 64.7 Å². The van der Waals surface area contributed by atoms with E-state index in [1.54, 1.807) is 0 Å². The maximum Gasteiger partial charge on any atom is 0.416 e. The number of hydrogen-bond donors (Lipinski definition) is 2. The van der Waals surface area contributed by atoms with Crippen molar-refractivity contribution < 1.29 is 22.8 Å². The summed E-state index contributed by atoms with van der Waals surface area (Å²) >= 11 is 0. The molecule has 9 heteroatoms. The first-order valence-corrected chi connectivity index (χ1v) is 15.6. The van der Waals surface area contributed by atoms with Crippen molar-refractivity contribution in [3.63, 3.8) is 0 Å². The third kappa shape index (κ3) is 8.48. The van der Waals surface area contributed by atoms with Gasteiger partial charge in [-0.2, -0.15) is 13.2 Å². The molecule has 2 saturated heterocycles. The quantitative estimate of drug-likeness (QED) is 0.311. The maximum absolute atomic E-state index is 14.1. The molecule has 234 valence electrons. The van der Waals surface area contributed by atoms with Crippen molar-refractivity contribution in [1.29, 1.82) is 0 Å². The molecule has 0 aliphatic carbocycles. The number of likely N-dealkylation sites (tertiary alicyclic amines) is 1. The Morgan fingerprint density at radius 1 is 0.886 bits per heavy atom. The van der Waals surface area contributed by atoms with Gasteiger partial charge in [-0.25, -0.2) is 0 Å². The molecule has 0 aromatic heterocycles. The highest BCUT2D eigenvalue weighted by Crippen LogP contribution is 2.30. The van der Waals surface area contributed by atoms with E-state index in [1.165, 1.54) is 18.6 Å². The van der Waals surface area contributed by atoms with Crippen molar-refractivity contribution in [2.24, 2.45) is 0 Å². The van der Waals surface area contributed by atoms with Gasteiger partial charge in [0.05, 0.1) is 11.6 Å². The van der Waals surface area contributed by atoms with Crippen molar-refractivity contribution in [3.8, 4) is 0 Å². The summed E-state index contributed by atoms with van der Waals surface area (Å²) in [6, 6.07) is 24.2. The number of alkyl halides is 3. The van der Waals surface area contributed by atoms with E-state index >= 15 is 0 Å². The Morgan fingerprint density at radius 3 is 2.18 bits per heavy atom. The van der Waals surface area contributed by atoms with Gasteiger partial charge in [-0.3, -0.25) is 9.59 Å². The first-order chi connectivity index (χ1) is 21.3. The van der Waals surface area contributed by atoms with Gasteiger partial charge in [-0.15, -0.1) is 0 Å². The van der Waals surface area contributed by atoms with E-state index in [1.807, 2.05) is 41.3 Å². The molecule has 0 saturated carbocycles. The van der Waals surface area contributed by atoms with Gasteiger partial charge in [0, 0.05) is 43.7 Å². The number of carbonyl (C=O) groups excluding carboxylic acids is 2. The minimum atomic E-state index is -4.53. The highest BCUT2D eigenvalue weighted by Gasteiger charge is 2.34. The summed E-state index contributed by atoms with van der Waals surface area (Å²) in [4.78, 5) is 31.3. The minimum Gasteiger partial charge on any atom is -0.350 e. The molecule has 3 aromatic rings. The molecule has 2 heterocycles. The number of carbonyl (C=O) groups is 2. The first-order valence-electron chi connectivity index (χ1n) is 15.6. The molecule has 2 unspecified atom stereocenters. The lowest BCUT2D eigenvalue weighted by atomic mass is 9.90. The van der Waals surface area contributed by atoms with E-state index in [4.69, 9.17) is 0 Å². The van der Waals surface area contributed by atoms with Gasteiger partial charge < -0.3 is 20.4 Å². The Hall–Kier alpha value is -3.69. The van der Waals surface area contributed by atoms with Crippen LogP contribution in [0.4, 0.5) is 13.2 Å². The van der Waals surface area contributed by atoms with Crippen LogP contribution in [0.25, 0.3) is 0 Å². The van der Waals surface area contributed by atoms with E-state index in [0.29, 0.717) is 25.9 Å². The Kier molecular flexibility index (Phi) is 10.7. The van der Waals surface area contributed by atoms with Gasteiger partial charge in [0.25, 0.3) is 5.91 Å². The Labute approximate surface area is 257 Å². The predicted molar refractivity (Wildman–Crippen MR) is 165 cm³/mol. The second-order valence-electron chi connectivity index (χ2n) is 11.8. The highest BCUT2D eigenvalue weighted by molar-refractivity contribution is 5.94. The molecule has 2 atom stereocenters. The van der Waals surface area contributed by atoms with Gasteiger partial charge in [0.1, 0.15) is 0 Å². The van der Waals surface area contributed by atoms with Gasteiger partial charge in [-0.05, 0) is 68.1 Å². The molecule has 0 bridgehead atoms. The summed E-state index contributed by atoms with van der Waals surface area (Å²) in [6.45, 7) is 4.11. The second-order valence-corrected chi connectivity index (χ2v) is 11.8. The van der Waals surface area contributed by atoms with Crippen LogP contribution in [0, 0.1) is 0 Å². The summed E-state index contributed by atoms with van der Waals surface area (Å²) < 4.78 is 39.6. The van der Waals surface area contributed by atoms with Crippen molar-refractivity contribution >= 4 is 11.8 Å². The Balaban J connectivity index is 1.31. The number of nitrogens with one attached hydrogen (secondary N) is 2. The molecule has 2 N–H and O–H groups in total. The monoisotopic (exact) mass is 606 g/mol. The van der Waals surface area contributed by atoms with Crippen LogP contribution in [0.5, 0.6) is 0 Å².